The fraction of sp³-hybridized carbons (Fsp3) is 0.263. The molecule has 0 bridgehead atoms. The van der Waals surface area contributed by atoms with Crippen LogP contribution in [-0.4, -0.2) is 39.1 Å². The second-order valence-electron chi connectivity index (χ2n) is 6.44. The number of nitrogens with zero attached hydrogens (tertiary/aromatic N) is 1. The summed E-state index contributed by atoms with van der Waals surface area (Å²) in [5.41, 5.74) is 1.53. The molecule has 0 aliphatic carbocycles. The van der Waals surface area contributed by atoms with E-state index in [2.05, 4.69) is 0 Å². The minimum absolute atomic E-state index is 0.0529. The highest BCUT2D eigenvalue weighted by atomic mass is 16.4. The van der Waals surface area contributed by atoms with E-state index in [0.717, 1.165) is 16.3 Å². The molecule has 5 heteroatoms. The van der Waals surface area contributed by atoms with E-state index in [-0.39, 0.29) is 17.6 Å². The number of fused-ring (bicyclic) bond motifs is 2. The monoisotopic (exact) mass is 323 g/mol. The average Bonchev–Trinajstić information content (AvgIpc) is 2.89. The highest BCUT2D eigenvalue weighted by Crippen LogP contribution is 2.47. The predicted molar refractivity (Wildman–Crippen MR) is 88.9 cm³/mol. The van der Waals surface area contributed by atoms with Crippen molar-refractivity contribution in [2.24, 2.45) is 5.92 Å². The predicted octanol–water partition coefficient (Wildman–Crippen LogP) is 2.25. The molecule has 2 N–H and O–H groups in total. The molecule has 1 amide bonds. The number of amides is 1. The van der Waals surface area contributed by atoms with Crippen molar-refractivity contribution in [3.63, 3.8) is 0 Å². The third kappa shape index (κ3) is 1.98. The van der Waals surface area contributed by atoms with Gasteiger partial charge in [0.05, 0.1) is 18.1 Å². The molecule has 5 nitrogen and oxygen atoms in total. The van der Waals surface area contributed by atoms with Crippen LogP contribution in [0.15, 0.2) is 48.2 Å². The van der Waals surface area contributed by atoms with Crippen LogP contribution in [0.3, 0.4) is 0 Å². The number of carbonyl (C=O) groups is 2. The maximum atomic E-state index is 12.3. The first-order valence-electron chi connectivity index (χ1n) is 7.96. The van der Waals surface area contributed by atoms with Crippen LogP contribution in [0.2, 0.25) is 0 Å². The van der Waals surface area contributed by atoms with Crippen LogP contribution >= 0.6 is 0 Å². The minimum Gasteiger partial charge on any atom is -0.477 e. The summed E-state index contributed by atoms with van der Waals surface area (Å²) < 4.78 is 0. The molecule has 0 spiro atoms. The number of rotatable bonds is 3. The number of benzene rings is 2. The van der Waals surface area contributed by atoms with Crippen LogP contribution in [-0.2, 0) is 9.59 Å². The Balaban J connectivity index is 1.81. The highest BCUT2D eigenvalue weighted by molar-refractivity contribution is 6.06. The highest BCUT2D eigenvalue weighted by Gasteiger charge is 2.56. The van der Waals surface area contributed by atoms with Gasteiger partial charge in [0.2, 0.25) is 5.91 Å². The Morgan fingerprint density at radius 3 is 2.58 bits per heavy atom. The van der Waals surface area contributed by atoms with Crippen molar-refractivity contribution >= 4 is 28.2 Å². The summed E-state index contributed by atoms with van der Waals surface area (Å²) in [6.45, 7) is 1.58. The molecule has 0 unspecified atom stereocenters. The molecule has 2 aromatic carbocycles. The molecule has 0 saturated carbocycles. The third-order valence-electron chi connectivity index (χ3n) is 5.03. The van der Waals surface area contributed by atoms with Gasteiger partial charge < -0.3 is 15.1 Å². The van der Waals surface area contributed by atoms with Crippen molar-refractivity contribution in [2.45, 2.75) is 25.5 Å². The quantitative estimate of drug-likeness (QED) is 0.849. The molecule has 2 aliphatic rings. The van der Waals surface area contributed by atoms with E-state index in [4.69, 9.17) is 0 Å². The number of carbonyl (C=O) groups excluding carboxylic acids is 1. The van der Waals surface area contributed by atoms with Gasteiger partial charge in [0.15, 0.2) is 0 Å². The topological polar surface area (TPSA) is 77.8 Å². The minimum atomic E-state index is -1.10. The second kappa shape index (κ2) is 5.18. The maximum absolute atomic E-state index is 12.3. The van der Waals surface area contributed by atoms with Crippen LogP contribution < -0.4 is 0 Å². The van der Waals surface area contributed by atoms with Crippen molar-refractivity contribution in [1.29, 1.82) is 0 Å². The number of β-lactam (4-membered cyclic amide) rings is 1. The van der Waals surface area contributed by atoms with Crippen LogP contribution in [0.1, 0.15) is 18.9 Å². The molecule has 0 aromatic heterocycles. The van der Waals surface area contributed by atoms with Crippen LogP contribution in [0.5, 0.6) is 0 Å². The summed E-state index contributed by atoms with van der Waals surface area (Å²) in [6.07, 6.45) is -0.314. The van der Waals surface area contributed by atoms with Gasteiger partial charge in [-0.1, -0.05) is 36.4 Å². The summed E-state index contributed by atoms with van der Waals surface area (Å²) in [4.78, 5) is 25.3. The number of hydrogen-bond donors (Lipinski definition) is 2. The molecule has 2 aromatic rings. The lowest BCUT2D eigenvalue weighted by molar-refractivity contribution is -0.161. The molecular formula is C19H17NO4. The van der Waals surface area contributed by atoms with E-state index in [1.165, 1.54) is 4.90 Å². The first-order valence-corrected chi connectivity index (χ1v) is 7.96. The standard InChI is InChI=1S/C19H17NO4/c1-10(21)16-15-9-14(17(19(23)24)20(15)18(16)22)13-7-6-11-4-2-3-5-12(11)8-13/h2-8,10,15-16,21H,9H2,1H3,(H,23,24)/t10-,15-,16-/m1/s1. The largest absolute Gasteiger partial charge is 0.477 e. The van der Waals surface area contributed by atoms with Gasteiger partial charge in [-0.2, -0.15) is 0 Å². The molecule has 1 saturated heterocycles. The van der Waals surface area contributed by atoms with E-state index in [9.17, 15) is 19.8 Å². The molecule has 24 heavy (non-hydrogen) atoms. The van der Waals surface area contributed by atoms with E-state index >= 15 is 0 Å². The maximum Gasteiger partial charge on any atom is 0.352 e. The van der Waals surface area contributed by atoms with Crippen molar-refractivity contribution < 1.29 is 19.8 Å². The molecule has 122 valence electrons. The molecule has 1 fully saturated rings. The Hall–Kier alpha value is -2.66. The van der Waals surface area contributed by atoms with Gasteiger partial charge in [0.25, 0.3) is 0 Å². The number of hydrogen-bond acceptors (Lipinski definition) is 3. The Morgan fingerprint density at radius 1 is 1.21 bits per heavy atom. The zero-order valence-electron chi connectivity index (χ0n) is 13.1. The van der Waals surface area contributed by atoms with Crippen LogP contribution in [0, 0.1) is 5.92 Å². The Morgan fingerprint density at radius 2 is 1.92 bits per heavy atom. The van der Waals surface area contributed by atoms with Crippen molar-refractivity contribution in [1.82, 2.24) is 4.90 Å². The smallest absolute Gasteiger partial charge is 0.352 e. The summed E-state index contributed by atoms with van der Waals surface area (Å²) >= 11 is 0. The summed E-state index contributed by atoms with van der Waals surface area (Å²) in [5, 5.41) is 21.5. The first kappa shape index (κ1) is 14.9. The van der Waals surface area contributed by atoms with Crippen LogP contribution in [0.25, 0.3) is 16.3 Å². The van der Waals surface area contributed by atoms with Gasteiger partial charge in [0, 0.05) is 0 Å². The van der Waals surface area contributed by atoms with E-state index in [0.29, 0.717) is 12.0 Å². The van der Waals surface area contributed by atoms with E-state index < -0.39 is 18.0 Å². The number of aliphatic hydroxyl groups excluding tert-OH is 1. The number of aliphatic hydroxyl groups is 1. The Kier molecular flexibility index (Phi) is 3.21. The third-order valence-corrected chi connectivity index (χ3v) is 5.03. The summed E-state index contributed by atoms with van der Waals surface area (Å²) in [7, 11) is 0. The summed E-state index contributed by atoms with van der Waals surface area (Å²) in [6, 6.07) is 13.4. The van der Waals surface area contributed by atoms with Crippen LogP contribution in [0.4, 0.5) is 0 Å². The van der Waals surface area contributed by atoms with Gasteiger partial charge in [-0.3, -0.25) is 4.79 Å². The van der Waals surface area contributed by atoms with Gasteiger partial charge in [0.1, 0.15) is 5.70 Å². The van der Waals surface area contributed by atoms with E-state index in [1.807, 2.05) is 42.5 Å². The first-order chi connectivity index (χ1) is 11.5. The molecule has 2 aliphatic heterocycles. The summed E-state index contributed by atoms with van der Waals surface area (Å²) in [5.74, 6) is -1.92. The molecular weight excluding hydrogens is 306 g/mol. The average molecular weight is 323 g/mol. The second-order valence-corrected chi connectivity index (χ2v) is 6.44. The van der Waals surface area contributed by atoms with Gasteiger partial charge in [-0.25, -0.2) is 4.79 Å². The van der Waals surface area contributed by atoms with Gasteiger partial charge in [-0.15, -0.1) is 0 Å². The number of carboxylic acids is 1. The molecule has 4 rings (SSSR count). The molecule has 0 radical (unpaired) electrons. The van der Waals surface area contributed by atoms with Crippen molar-refractivity contribution in [3.05, 3.63) is 53.7 Å². The molecule has 3 atom stereocenters. The zero-order valence-corrected chi connectivity index (χ0v) is 13.1. The lowest BCUT2D eigenvalue weighted by Gasteiger charge is -2.44. The van der Waals surface area contributed by atoms with Crippen molar-refractivity contribution in [2.75, 3.05) is 0 Å². The molecule has 2 heterocycles. The lowest BCUT2D eigenvalue weighted by Crippen LogP contribution is -2.61. The fourth-order valence-corrected chi connectivity index (χ4v) is 3.90. The van der Waals surface area contributed by atoms with E-state index in [1.54, 1.807) is 6.92 Å². The Labute approximate surface area is 138 Å². The van der Waals surface area contributed by atoms with Gasteiger partial charge >= 0.3 is 5.97 Å². The lowest BCUT2D eigenvalue weighted by atomic mass is 9.82. The fourth-order valence-electron chi connectivity index (χ4n) is 3.90. The Bertz CT molecular complexity index is 899. The van der Waals surface area contributed by atoms with Crippen molar-refractivity contribution in [3.8, 4) is 0 Å². The SMILES string of the molecule is C[C@@H](O)[C@H]1C(=O)N2C(C(=O)O)=C(c3ccc4ccccc4c3)C[C@H]12. The zero-order chi connectivity index (χ0) is 17.0. The van der Waals surface area contributed by atoms with Gasteiger partial charge in [-0.05, 0) is 41.3 Å². The number of aliphatic carboxylic acids is 1. The normalized spacial score (nSPS) is 24.1. The number of carboxylic acid groups (broad SMARTS) is 1.